The number of esters is 1. The first kappa shape index (κ1) is 22.5. The summed E-state index contributed by atoms with van der Waals surface area (Å²) in [6.45, 7) is 9.87. The monoisotopic (exact) mass is 432 g/mol. The quantitative estimate of drug-likeness (QED) is 0.471. The van der Waals surface area contributed by atoms with Crippen LogP contribution < -0.4 is 0 Å². The normalized spacial score (nSPS) is 21.5. The largest absolute Gasteiger partial charge is 0.466 e. The molecule has 164 valence electrons. The zero-order valence-corrected chi connectivity index (χ0v) is 19.2. The van der Waals surface area contributed by atoms with Gasteiger partial charge in [-0.05, 0) is 50.7 Å². The van der Waals surface area contributed by atoms with Crippen LogP contribution >= 0.6 is 0 Å². The molecule has 1 aromatic carbocycles. The predicted octanol–water partition coefficient (Wildman–Crippen LogP) is 4.45. The summed E-state index contributed by atoms with van der Waals surface area (Å²) < 4.78 is 33.1. The number of nitrogens with zero attached hydrogens (tertiary/aromatic N) is 2. The van der Waals surface area contributed by atoms with Crippen LogP contribution in [0.15, 0.2) is 46.4 Å². The van der Waals surface area contributed by atoms with E-state index in [0.29, 0.717) is 24.3 Å². The van der Waals surface area contributed by atoms with Gasteiger partial charge in [0.05, 0.1) is 23.8 Å². The van der Waals surface area contributed by atoms with Crippen LogP contribution in [0.4, 0.5) is 0 Å². The van der Waals surface area contributed by atoms with E-state index in [-0.39, 0.29) is 10.9 Å². The summed E-state index contributed by atoms with van der Waals surface area (Å²) in [5, 5.41) is 4.73. The van der Waals surface area contributed by atoms with Crippen LogP contribution in [0.5, 0.6) is 0 Å². The van der Waals surface area contributed by atoms with Crippen LogP contribution in [0.2, 0.25) is 0 Å². The second kappa shape index (κ2) is 8.53. The number of sulfonamides is 1. The molecule has 0 radical (unpaired) electrons. The molecule has 0 amide bonds. The molecule has 0 N–H and O–H groups in total. The Morgan fingerprint density at radius 2 is 1.83 bits per heavy atom. The molecular weight excluding hydrogens is 400 g/mol. The molecule has 1 heterocycles. The van der Waals surface area contributed by atoms with E-state index < -0.39 is 21.4 Å². The number of methoxy groups -OCH3 is 1. The lowest BCUT2D eigenvalue weighted by atomic mass is 9.74. The summed E-state index contributed by atoms with van der Waals surface area (Å²) in [7, 11) is -2.49. The number of ether oxygens (including phenoxy) is 1. The summed E-state index contributed by atoms with van der Waals surface area (Å²) in [6, 6.07) is 6.46. The highest BCUT2D eigenvalue weighted by atomic mass is 32.2. The van der Waals surface area contributed by atoms with Crippen molar-refractivity contribution in [3.63, 3.8) is 0 Å². The molecule has 3 rings (SSSR count). The lowest BCUT2D eigenvalue weighted by Crippen LogP contribution is -2.43. The number of carbonyl (C=O) groups excluding carboxylic acids is 1. The second-order valence-corrected chi connectivity index (χ2v) is 10.7. The maximum atomic E-state index is 13.5. The van der Waals surface area contributed by atoms with Crippen molar-refractivity contribution in [1.29, 1.82) is 0 Å². The predicted molar refractivity (Wildman–Crippen MR) is 118 cm³/mol. The summed E-state index contributed by atoms with van der Waals surface area (Å²) in [6.07, 6.45) is 5.19. The Morgan fingerprint density at radius 3 is 2.40 bits per heavy atom. The van der Waals surface area contributed by atoms with Gasteiger partial charge in [0, 0.05) is 11.0 Å². The van der Waals surface area contributed by atoms with Crippen LogP contribution in [0.1, 0.15) is 57.9 Å². The van der Waals surface area contributed by atoms with Gasteiger partial charge in [-0.1, -0.05) is 51.0 Å². The van der Waals surface area contributed by atoms with Gasteiger partial charge in [-0.3, -0.25) is 0 Å². The van der Waals surface area contributed by atoms with Crippen LogP contribution in [-0.4, -0.2) is 37.7 Å². The lowest BCUT2D eigenvalue weighted by Gasteiger charge is -2.34. The van der Waals surface area contributed by atoms with E-state index in [4.69, 9.17) is 9.84 Å². The smallest absolute Gasteiger partial charge is 0.333 e. The van der Waals surface area contributed by atoms with Gasteiger partial charge in [-0.15, -0.1) is 0 Å². The number of aryl methyl sites for hydroxylation is 1. The van der Waals surface area contributed by atoms with E-state index in [9.17, 15) is 13.2 Å². The first-order valence-corrected chi connectivity index (χ1v) is 12.0. The highest BCUT2D eigenvalue weighted by Gasteiger charge is 2.50. The van der Waals surface area contributed by atoms with E-state index >= 15 is 0 Å². The number of hydrazone groups is 1. The molecule has 7 heteroatoms. The topological polar surface area (TPSA) is 76.0 Å². The van der Waals surface area contributed by atoms with Crippen molar-refractivity contribution in [3.8, 4) is 0 Å². The third-order valence-electron chi connectivity index (χ3n) is 6.47. The molecule has 1 fully saturated rings. The molecule has 0 unspecified atom stereocenters. The third kappa shape index (κ3) is 4.17. The minimum absolute atomic E-state index is 0.233. The maximum Gasteiger partial charge on any atom is 0.333 e. The van der Waals surface area contributed by atoms with Crippen molar-refractivity contribution in [3.05, 3.63) is 42.0 Å². The zero-order chi connectivity index (χ0) is 22.1. The number of hydrogen-bond donors (Lipinski definition) is 0. The van der Waals surface area contributed by atoms with Crippen molar-refractivity contribution in [1.82, 2.24) is 4.41 Å². The molecule has 6 nitrogen and oxygen atoms in total. The first-order chi connectivity index (χ1) is 14.1. The fraction of sp³-hybridized carbons (Fsp3) is 0.565. The Balaban J connectivity index is 1.97. The third-order valence-corrected chi connectivity index (χ3v) is 8.16. The van der Waals surface area contributed by atoms with E-state index in [0.717, 1.165) is 37.0 Å². The molecule has 30 heavy (non-hydrogen) atoms. The molecule has 2 aliphatic rings. The van der Waals surface area contributed by atoms with Gasteiger partial charge in [-0.25, -0.2) is 4.79 Å². The molecule has 0 saturated heterocycles. The highest BCUT2D eigenvalue weighted by Crippen LogP contribution is 2.45. The van der Waals surface area contributed by atoms with Crippen molar-refractivity contribution >= 4 is 21.7 Å². The van der Waals surface area contributed by atoms with Crippen molar-refractivity contribution in [2.45, 2.75) is 70.2 Å². The van der Waals surface area contributed by atoms with Gasteiger partial charge in [-0.2, -0.15) is 17.9 Å². The fourth-order valence-corrected chi connectivity index (χ4v) is 6.22. The van der Waals surface area contributed by atoms with Crippen LogP contribution in [0, 0.1) is 18.3 Å². The van der Waals surface area contributed by atoms with E-state index in [1.54, 1.807) is 24.3 Å². The Morgan fingerprint density at radius 1 is 1.23 bits per heavy atom. The Hall–Kier alpha value is -2.15. The maximum absolute atomic E-state index is 13.5. The molecule has 1 aliphatic carbocycles. The molecule has 1 aromatic rings. The zero-order valence-electron chi connectivity index (χ0n) is 18.3. The molecule has 0 spiro atoms. The van der Waals surface area contributed by atoms with Crippen molar-refractivity contribution in [2.75, 3.05) is 7.11 Å². The lowest BCUT2D eigenvalue weighted by molar-refractivity contribution is -0.136. The van der Waals surface area contributed by atoms with Crippen LogP contribution in [-0.2, 0) is 19.6 Å². The second-order valence-electron chi connectivity index (χ2n) is 8.93. The summed E-state index contributed by atoms with van der Waals surface area (Å²) in [4.78, 5) is 12.0. The molecule has 0 aromatic heterocycles. The number of carbonyl (C=O) groups is 1. The van der Waals surface area contributed by atoms with Gasteiger partial charge < -0.3 is 4.74 Å². The number of benzene rings is 1. The summed E-state index contributed by atoms with van der Waals surface area (Å²) in [5.41, 5.74) is 1.87. The van der Waals surface area contributed by atoms with Gasteiger partial charge in [0.1, 0.15) is 0 Å². The molecule has 0 bridgehead atoms. The van der Waals surface area contributed by atoms with Crippen molar-refractivity contribution in [2.24, 2.45) is 16.4 Å². The molecule has 1 saturated carbocycles. The fourth-order valence-electron chi connectivity index (χ4n) is 4.63. The van der Waals surface area contributed by atoms with Crippen molar-refractivity contribution < 1.29 is 17.9 Å². The molecular formula is C23H32N2O4S. The number of rotatable bonds is 7. The van der Waals surface area contributed by atoms with Crippen LogP contribution in [0.3, 0.4) is 0 Å². The summed E-state index contributed by atoms with van der Waals surface area (Å²) in [5.74, 6) is -0.153. The van der Waals surface area contributed by atoms with Crippen LogP contribution in [0.25, 0.3) is 0 Å². The first-order valence-electron chi connectivity index (χ1n) is 10.5. The molecule has 1 atom stereocenters. The Labute approximate surface area is 180 Å². The Bertz CT molecular complexity index is 942. The highest BCUT2D eigenvalue weighted by molar-refractivity contribution is 7.89. The van der Waals surface area contributed by atoms with Gasteiger partial charge >= 0.3 is 5.97 Å². The van der Waals surface area contributed by atoms with Gasteiger partial charge in [0.25, 0.3) is 10.0 Å². The minimum atomic E-state index is -3.81. The molecule has 1 aliphatic heterocycles. The average Bonchev–Trinajstić information content (AvgIpc) is 3.31. The minimum Gasteiger partial charge on any atom is -0.466 e. The van der Waals surface area contributed by atoms with E-state index in [1.165, 1.54) is 11.5 Å². The van der Waals surface area contributed by atoms with Gasteiger partial charge in [0.15, 0.2) is 0 Å². The average molecular weight is 433 g/mol. The SMILES string of the molecule is C=C(CC[C@@H]1N(S(=O)(=O)c2ccc(C)cc2)N=C(C2CCCC2)C1(C)C)C(=O)OC. The van der Waals surface area contributed by atoms with Gasteiger partial charge in [0.2, 0.25) is 0 Å². The Kier molecular flexibility index (Phi) is 6.41. The standard InChI is InChI=1S/C23H32N2O4S/c1-16-10-13-19(14-11-16)30(27,28)25-20(15-12-17(2)22(26)29-5)23(3,4)21(24-25)18-8-6-7-9-18/h10-11,13-14,18,20H,2,6-9,12,15H2,1,3-5H3/t20-/m0/s1. The summed E-state index contributed by atoms with van der Waals surface area (Å²) >= 11 is 0. The van der Waals surface area contributed by atoms with E-state index in [1.807, 2.05) is 6.92 Å². The number of hydrogen-bond acceptors (Lipinski definition) is 5. The van der Waals surface area contributed by atoms with E-state index in [2.05, 4.69) is 20.4 Å².